The Morgan fingerprint density at radius 3 is 2.53 bits per heavy atom. The molecule has 1 aromatic rings. The predicted octanol–water partition coefficient (Wildman–Crippen LogP) is 3.80. The van der Waals surface area contributed by atoms with Crippen LogP contribution in [-0.2, 0) is 0 Å². The molecule has 0 spiro atoms. The molecule has 2 rings (SSSR count). The molecule has 1 heterocycles. The molecule has 2 atom stereocenters. The van der Waals surface area contributed by atoms with Crippen LogP contribution in [0.4, 0.5) is 5.69 Å². The van der Waals surface area contributed by atoms with Crippen molar-refractivity contribution in [3.05, 3.63) is 28.2 Å². The van der Waals surface area contributed by atoms with E-state index in [0.29, 0.717) is 11.8 Å². The van der Waals surface area contributed by atoms with E-state index < -0.39 is 0 Å². The molecule has 90 valence electrons. The van der Waals surface area contributed by atoms with Crippen LogP contribution in [0.15, 0.2) is 22.7 Å². The van der Waals surface area contributed by atoms with Crippen molar-refractivity contribution in [2.45, 2.75) is 20.3 Å². The minimum atomic E-state index is 0.698. The molecule has 1 aromatic carbocycles. The number of benzene rings is 1. The Morgan fingerprint density at radius 1 is 1.29 bits per heavy atom. The van der Waals surface area contributed by atoms with Crippen molar-refractivity contribution in [2.24, 2.45) is 11.8 Å². The van der Waals surface area contributed by atoms with Gasteiger partial charge in [-0.05, 0) is 46.3 Å². The molecular weight excluding hydrogens is 276 g/mol. The number of anilines is 1. The first-order chi connectivity index (χ1) is 8.11. The lowest BCUT2D eigenvalue weighted by Crippen LogP contribution is -2.39. The highest BCUT2D eigenvalue weighted by atomic mass is 79.9. The largest absolute Gasteiger partial charge is 0.370 e. The summed E-state index contributed by atoms with van der Waals surface area (Å²) in [5, 5.41) is 9.26. The van der Waals surface area contributed by atoms with E-state index in [1.165, 1.54) is 6.42 Å². The molecule has 1 aliphatic rings. The van der Waals surface area contributed by atoms with E-state index in [4.69, 9.17) is 0 Å². The van der Waals surface area contributed by atoms with Gasteiger partial charge < -0.3 is 4.90 Å². The van der Waals surface area contributed by atoms with Gasteiger partial charge in [0.05, 0.1) is 11.3 Å². The smallest absolute Gasteiger partial charge is 0.103 e. The summed E-state index contributed by atoms with van der Waals surface area (Å²) in [5.74, 6) is 1.40. The van der Waals surface area contributed by atoms with Gasteiger partial charge in [-0.15, -0.1) is 0 Å². The molecule has 2 nitrogen and oxygen atoms in total. The Morgan fingerprint density at radius 2 is 1.94 bits per heavy atom. The molecule has 0 aromatic heterocycles. The topological polar surface area (TPSA) is 27.0 Å². The van der Waals surface area contributed by atoms with Gasteiger partial charge in [-0.3, -0.25) is 0 Å². The molecule has 1 aliphatic heterocycles. The monoisotopic (exact) mass is 292 g/mol. The lowest BCUT2D eigenvalue weighted by molar-refractivity contribution is 0.357. The maximum absolute atomic E-state index is 9.26. The Kier molecular flexibility index (Phi) is 3.73. The molecule has 0 amide bonds. The first-order valence-electron chi connectivity index (χ1n) is 6.05. The van der Waals surface area contributed by atoms with Crippen LogP contribution in [0.5, 0.6) is 0 Å². The van der Waals surface area contributed by atoms with Crippen LogP contribution in [-0.4, -0.2) is 13.1 Å². The maximum atomic E-state index is 9.26. The van der Waals surface area contributed by atoms with Crippen molar-refractivity contribution in [1.29, 1.82) is 5.26 Å². The van der Waals surface area contributed by atoms with Crippen LogP contribution < -0.4 is 4.90 Å². The number of hydrogen-bond donors (Lipinski definition) is 0. The third kappa shape index (κ3) is 2.63. The third-order valence-corrected chi connectivity index (χ3v) is 3.97. The van der Waals surface area contributed by atoms with Crippen LogP contribution >= 0.6 is 15.9 Å². The van der Waals surface area contributed by atoms with Gasteiger partial charge in [0.2, 0.25) is 0 Å². The molecule has 1 fully saturated rings. The molecule has 0 radical (unpaired) electrons. The molecule has 0 bridgehead atoms. The lowest BCUT2D eigenvalue weighted by Gasteiger charge is -2.37. The van der Waals surface area contributed by atoms with Crippen LogP contribution in [0, 0.1) is 23.2 Å². The molecule has 0 saturated carbocycles. The second kappa shape index (κ2) is 5.10. The van der Waals surface area contributed by atoms with Gasteiger partial charge in [-0.25, -0.2) is 0 Å². The van der Waals surface area contributed by atoms with Gasteiger partial charge in [-0.1, -0.05) is 19.9 Å². The van der Waals surface area contributed by atoms with Crippen molar-refractivity contribution in [2.75, 3.05) is 18.0 Å². The third-order valence-electron chi connectivity index (χ3n) is 3.31. The summed E-state index contributed by atoms with van der Waals surface area (Å²) in [6.45, 7) is 6.67. The standard InChI is InChI=1S/C14H17BrN2/c1-10-6-11(2)9-17(8-10)14-5-3-4-13(15)12(14)7-16/h3-5,10-11H,6,8-9H2,1-2H3. The number of piperidine rings is 1. The number of rotatable bonds is 1. The normalized spacial score (nSPS) is 24.5. The number of halogens is 1. The van der Waals surface area contributed by atoms with E-state index in [0.717, 1.165) is 28.8 Å². The first kappa shape index (κ1) is 12.4. The van der Waals surface area contributed by atoms with E-state index >= 15 is 0 Å². The zero-order chi connectivity index (χ0) is 12.4. The Bertz CT molecular complexity index is 440. The van der Waals surface area contributed by atoms with Crippen LogP contribution in [0.1, 0.15) is 25.8 Å². The van der Waals surface area contributed by atoms with Crippen molar-refractivity contribution in [3.63, 3.8) is 0 Å². The highest BCUT2D eigenvalue weighted by Crippen LogP contribution is 2.31. The van der Waals surface area contributed by atoms with Gasteiger partial charge in [-0.2, -0.15) is 5.26 Å². The van der Waals surface area contributed by atoms with Crippen molar-refractivity contribution >= 4 is 21.6 Å². The summed E-state index contributed by atoms with van der Waals surface area (Å²) in [6, 6.07) is 8.29. The quantitative estimate of drug-likeness (QED) is 0.787. The molecular formula is C14H17BrN2. The highest BCUT2D eigenvalue weighted by Gasteiger charge is 2.24. The van der Waals surface area contributed by atoms with Crippen LogP contribution in [0.2, 0.25) is 0 Å². The zero-order valence-electron chi connectivity index (χ0n) is 10.3. The van der Waals surface area contributed by atoms with Gasteiger partial charge in [0, 0.05) is 17.6 Å². The molecule has 0 aliphatic carbocycles. The van der Waals surface area contributed by atoms with Crippen molar-refractivity contribution < 1.29 is 0 Å². The Balaban J connectivity index is 2.34. The van der Waals surface area contributed by atoms with Crippen molar-refractivity contribution in [1.82, 2.24) is 0 Å². The molecule has 1 saturated heterocycles. The summed E-state index contributed by atoms with van der Waals surface area (Å²) in [6.07, 6.45) is 1.28. The van der Waals surface area contributed by atoms with Crippen LogP contribution in [0.25, 0.3) is 0 Å². The molecule has 2 unspecified atom stereocenters. The van der Waals surface area contributed by atoms with Crippen molar-refractivity contribution in [3.8, 4) is 6.07 Å². The van der Waals surface area contributed by atoms with E-state index in [2.05, 4.69) is 40.7 Å². The van der Waals surface area contributed by atoms with E-state index in [9.17, 15) is 5.26 Å². The van der Waals surface area contributed by atoms with Gasteiger partial charge in [0.25, 0.3) is 0 Å². The summed E-state index contributed by atoms with van der Waals surface area (Å²) >= 11 is 3.45. The summed E-state index contributed by atoms with van der Waals surface area (Å²) in [5.41, 5.74) is 1.83. The fraction of sp³-hybridized carbons (Fsp3) is 0.500. The van der Waals surface area contributed by atoms with Gasteiger partial charge >= 0.3 is 0 Å². The second-order valence-corrected chi connectivity index (χ2v) is 5.95. The second-order valence-electron chi connectivity index (χ2n) is 5.10. The fourth-order valence-corrected chi connectivity index (χ4v) is 3.19. The molecule has 0 N–H and O–H groups in total. The number of nitrogens with zero attached hydrogens (tertiary/aromatic N) is 2. The van der Waals surface area contributed by atoms with E-state index in [1.807, 2.05) is 18.2 Å². The minimum absolute atomic E-state index is 0.698. The number of hydrogen-bond acceptors (Lipinski definition) is 2. The Hall–Kier alpha value is -1.01. The fourth-order valence-electron chi connectivity index (χ4n) is 2.75. The Labute approximate surface area is 111 Å². The average Bonchev–Trinajstić information content (AvgIpc) is 2.27. The zero-order valence-corrected chi connectivity index (χ0v) is 11.9. The minimum Gasteiger partial charge on any atom is -0.370 e. The molecule has 17 heavy (non-hydrogen) atoms. The first-order valence-corrected chi connectivity index (χ1v) is 6.84. The van der Waals surface area contributed by atoms with E-state index in [-0.39, 0.29) is 0 Å². The summed E-state index contributed by atoms with van der Waals surface area (Å²) in [7, 11) is 0. The number of nitriles is 1. The van der Waals surface area contributed by atoms with Gasteiger partial charge in [0.15, 0.2) is 0 Å². The highest BCUT2D eigenvalue weighted by molar-refractivity contribution is 9.10. The van der Waals surface area contributed by atoms with E-state index in [1.54, 1.807) is 0 Å². The predicted molar refractivity (Wildman–Crippen MR) is 74.0 cm³/mol. The summed E-state index contributed by atoms with van der Waals surface area (Å²) < 4.78 is 0.892. The molecule has 3 heteroatoms. The van der Waals surface area contributed by atoms with Gasteiger partial charge in [0.1, 0.15) is 6.07 Å². The maximum Gasteiger partial charge on any atom is 0.103 e. The SMILES string of the molecule is CC1CC(C)CN(c2cccc(Br)c2C#N)C1. The lowest BCUT2D eigenvalue weighted by atomic mass is 9.91. The average molecular weight is 293 g/mol. The van der Waals surface area contributed by atoms with Crippen LogP contribution in [0.3, 0.4) is 0 Å². The summed E-state index contributed by atoms with van der Waals surface area (Å²) in [4.78, 5) is 2.35.